The number of carbonyl (C=O) groups is 1. The lowest BCUT2D eigenvalue weighted by molar-refractivity contribution is -0.135. The van der Waals surface area contributed by atoms with Gasteiger partial charge in [-0.3, -0.25) is 4.79 Å². The van der Waals surface area contributed by atoms with Crippen LogP contribution in [0.2, 0.25) is 0 Å². The lowest BCUT2D eigenvalue weighted by atomic mass is 9.93. The molecule has 0 aromatic heterocycles. The van der Waals surface area contributed by atoms with Crippen LogP contribution in [0.1, 0.15) is 51.0 Å². The van der Waals surface area contributed by atoms with Crippen LogP contribution in [0.4, 0.5) is 0 Å². The number of nitrogens with zero attached hydrogens (tertiary/aromatic N) is 2. The van der Waals surface area contributed by atoms with Crippen molar-refractivity contribution in [2.45, 2.75) is 45.4 Å². The number of hydrogen-bond acceptors (Lipinski definition) is 2. The lowest BCUT2D eigenvalue weighted by Crippen LogP contribution is -2.42. The molecule has 0 bridgehead atoms. The molecule has 128 valence electrons. The van der Waals surface area contributed by atoms with E-state index in [2.05, 4.69) is 49.1 Å². The maximum Gasteiger partial charge on any atom is 0.225 e. The molecule has 1 amide bonds. The van der Waals surface area contributed by atoms with Crippen molar-refractivity contribution in [2.24, 2.45) is 5.92 Å². The van der Waals surface area contributed by atoms with Crippen LogP contribution >= 0.6 is 0 Å². The average molecular weight is 316 g/mol. The molecule has 1 saturated heterocycles. The average Bonchev–Trinajstić information content (AvgIpc) is 2.60. The van der Waals surface area contributed by atoms with E-state index < -0.39 is 0 Å². The van der Waals surface area contributed by atoms with Gasteiger partial charge >= 0.3 is 0 Å². The fourth-order valence-corrected chi connectivity index (χ4v) is 3.45. The topological polar surface area (TPSA) is 23.6 Å². The van der Waals surface area contributed by atoms with Gasteiger partial charge in [-0.05, 0) is 43.8 Å². The maximum atomic E-state index is 12.5. The van der Waals surface area contributed by atoms with E-state index in [0.29, 0.717) is 11.8 Å². The predicted octanol–water partition coefficient (Wildman–Crippen LogP) is 3.76. The lowest BCUT2D eigenvalue weighted by Gasteiger charge is -2.34. The van der Waals surface area contributed by atoms with Crippen molar-refractivity contribution in [3.8, 4) is 0 Å². The van der Waals surface area contributed by atoms with Crippen LogP contribution in [-0.4, -0.2) is 48.9 Å². The number of unbranched alkanes of at least 4 members (excludes halogenated alkanes) is 1. The van der Waals surface area contributed by atoms with Gasteiger partial charge in [0.2, 0.25) is 5.91 Å². The maximum absolute atomic E-state index is 12.5. The summed E-state index contributed by atoms with van der Waals surface area (Å²) in [5, 5.41) is 0. The zero-order valence-electron chi connectivity index (χ0n) is 15.0. The molecular weight excluding hydrogens is 284 g/mol. The van der Waals surface area contributed by atoms with Crippen molar-refractivity contribution in [1.82, 2.24) is 9.80 Å². The van der Waals surface area contributed by atoms with Crippen molar-refractivity contribution in [2.75, 3.05) is 33.2 Å². The minimum Gasteiger partial charge on any atom is -0.346 e. The Morgan fingerprint density at radius 1 is 1.26 bits per heavy atom. The van der Waals surface area contributed by atoms with Crippen LogP contribution in [0.15, 0.2) is 30.3 Å². The van der Waals surface area contributed by atoms with Gasteiger partial charge < -0.3 is 9.80 Å². The molecule has 1 aliphatic heterocycles. The van der Waals surface area contributed by atoms with Crippen molar-refractivity contribution < 1.29 is 4.79 Å². The molecule has 1 aromatic rings. The summed E-state index contributed by atoms with van der Waals surface area (Å²) in [6.07, 6.45) is 4.27. The van der Waals surface area contributed by atoms with Crippen LogP contribution in [-0.2, 0) is 4.79 Å². The van der Waals surface area contributed by atoms with Crippen LogP contribution in [0, 0.1) is 5.92 Å². The van der Waals surface area contributed by atoms with Gasteiger partial charge in [0, 0.05) is 26.1 Å². The van der Waals surface area contributed by atoms with E-state index in [1.165, 1.54) is 5.56 Å². The molecule has 1 heterocycles. The molecule has 1 atom stereocenters. The van der Waals surface area contributed by atoms with Crippen molar-refractivity contribution in [1.29, 1.82) is 0 Å². The van der Waals surface area contributed by atoms with Gasteiger partial charge in [0.15, 0.2) is 0 Å². The summed E-state index contributed by atoms with van der Waals surface area (Å²) in [5.74, 6) is 1.14. The number of rotatable bonds is 7. The summed E-state index contributed by atoms with van der Waals surface area (Å²) >= 11 is 0. The number of benzene rings is 1. The van der Waals surface area contributed by atoms with Gasteiger partial charge in [-0.25, -0.2) is 0 Å². The number of amides is 1. The highest BCUT2D eigenvalue weighted by Gasteiger charge is 2.27. The Hall–Kier alpha value is -1.35. The van der Waals surface area contributed by atoms with Gasteiger partial charge in [0.05, 0.1) is 0 Å². The number of hydrogen-bond donors (Lipinski definition) is 0. The Morgan fingerprint density at radius 2 is 1.91 bits per heavy atom. The zero-order valence-corrected chi connectivity index (χ0v) is 15.0. The van der Waals surface area contributed by atoms with E-state index in [4.69, 9.17) is 0 Å². The SMILES string of the molecule is CCCCN(C)C(=O)C1CCN(CC(C)c2ccccc2)CC1. The summed E-state index contributed by atoms with van der Waals surface area (Å²) in [5.41, 5.74) is 1.41. The van der Waals surface area contributed by atoms with Crippen LogP contribution in [0.5, 0.6) is 0 Å². The molecule has 3 heteroatoms. The summed E-state index contributed by atoms with van der Waals surface area (Å²) in [6, 6.07) is 10.7. The monoisotopic (exact) mass is 316 g/mol. The van der Waals surface area contributed by atoms with Gasteiger partial charge in [-0.1, -0.05) is 50.6 Å². The van der Waals surface area contributed by atoms with Crippen LogP contribution in [0.3, 0.4) is 0 Å². The van der Waals surface area contributed by atoms with Gasteiger partial charge in [-0.2, -0.15) is 0 Å². The largest absolute Gasteiger partial charge is 0.346 e. The minimum atomic E-state index is 0.236. The number of carbonyl (C=O) groups excluding carboxylic acids is 1. The van der Waals surface area contributed by atoms with Crippen LogP contribution in [0.25, 0.3) is 0 Å². The highest BCUT2D eigenvalue weighted by Crippen LogP contribution is 2.23. The third-order valence-electron chi connectivity index (χ3n) is 5.06. The second-order valence-electron chi connectivity index (χ2n) is 7.00. The fraction of sp³-hybridized carbons (Fsp3) is 0.650. The molecule has 0 radical (unpaired) electrons. The summed E-state index contributed by atoms with van der Waals surface area (Å²) in [6.45, 7) is 8.57. The van der Waals surface area contributed by atoms with E-state index in [0.717, 1.165) is 51.9 Å². The standard InChI is InChI=1S/C20H32N2O/c1-4-5-13-21(3)20(23)19-11-14-22(15-12-19)16-17(2)18-9-7-6-8-10-18/h6-10,17,19H,4-5,11-16H2,1-3H3. The molecule has 0 aliphatic carbocycles. The van der Waals surface area contributed by atoms with E-state index >= 15 is 0 Å². The Balaban J connectivity index is 1.76. The molecule has 1 aromatic carbocycles. The summed E-state index contributed by atoms with van der Waals surface area (Å²) in [4.78, 5) is 16.9. The Labute approximate surface area is 141 Å². The second-order valence-corrected chi connectivity index (χ2v) is 7.00. The predicted molar refractivity (Wildman–Crippen MR) is 96.6 cm³/mol. The van der Waals surface area contributed by atoms with E-state index in [-0.39, 0.29) is 5.92 Å². The van der Waals surface area contributed by atoms with Crippen molar-refractivity contribution >= 4 is 5.91 Å². The smallest absolute Gasteiger partial charge is 0.225 e. The van der Waals surface area contributed by atoms with Crippen LogP contribution < -0.4 is 0 Å². The van der Waals surface area contributed by atoms with E-state index in [1.54, 1.807) is 0 Å². The first kappa shape index (κ1) is 18.0. The molecule has 1 fully saturated rings. The molecular formula is C20H32N2O. The van der Waals surface area contributed by atoms with Crippen molar-refractivity contribution in [3.63, 3.8) is 0 Å². The first-order valence-electron chi connectivity index (χ1n) is 9.14. The Kier molecular flexibility index (Phi) is 7.10. The van der Waals surface area contributed by atoms with Crippen molar-refractivity contribution in [3.05, 3.63) is 35.9 Å². The third kappa shape index (κ3) is 5.35. The number of likely N-dealkylation sites (tertiary alicyclic amines) is 1. The van der Waals surface area contributed by atoms with Gasteiger partial charge in [0.1, 0.15) is 0 Å². The second kappa shape index (κ2) is 9.07. The summed E-state index contributed by atoms with van der Waals surface area (Å²) < 4.78 is 0. The summed E-state index contributed by atoms with van der Waals surface area (Å²) in [7, 11) is 1.96. The molecule has 0 saturated carbocycles. The van der Waals surface area contributed by atoms with E-state index in [1.807, 2.05) is 11.9 Å². The first-order chi connectivity index (χ1) is 11.1. The molecule has 1 aliphatic rings. The highest BCUT2D eigenvalue weighted by atomic mass is 16.2. The minimum absolute atomic E-state index is 0.236. The normalized spacial score (nSPS) is 17.9. The fourth-order valence-electron chi connectivity index (χ4n) is 3.45. The number of piperidine rings is 1. The molecule has 0 spiro atoms. The molecule has 1 unspecified atom stereocenters. The van der Waals surface area contributed by atoms with E-state index in [9.17, 15) is 4.79 Å². The highest BCUT2D eigenvalue weighted by molar-refractivity contribution is 5.78. The molecule has 3 nitrogen and oxygen atoms in total. The Morgan fingerprint density at radius 3 is 2.52 bits per heavy atom. The first-order valence-corrected chi connectivity index (χ1v) is 9.14. The van der Waals surface area contributed by atoms with Gasteiger partial charge in [-0.15, -0.1) is 0 Å². The third-order valence-corrected chi connectivity index (χ3v) is 5.06. The quantitative estimate of drug-likeness (QED) is 0.764. The van der Waals surface area contributed by atoms with Gasteiger partial charge in [0.25, 0.3) is 0 Å². The zero-order chi connectivity index (χ0) is 16.7. The Bertz CT molecular complexity index is 466. The molecule has 23 heavy (non-hydrogen) atoms. The molecule has 0 N–H and O–H groups in total. The molecule has 2 rings (SSSR count).